The number of nitrogens with one attached hydrogen (secondary N) is 2. The van der Waals surface area contributed by atoms with Crippen molar-refractivity contribution < 1.29 is 19.6 Å². The van der Waals surface area contributed by atoms with Gasteiger partial charge in [-0.3, -0.25) is 19.7 Å². The average Bonchev–Trinajstić information content (AvgIpc) is 2.76. The predicted octanol–water partition coefficient (Wildman–Crippen LogP) is 1.61. The minimum atomic E-state index is -0.956. The minimum absolute atomic E-state index is 0.0827. The van der Waals surface area contributed by atoms with Crippen molar-refractivity contribution in [1.29, 1.82) is 0 Å². The molecule has 0 aromatic heterocycles. The zero-order valence-electron chi connectivity index (χ0n) is 11.4. The van der Waals surface area contributed by atoms with Gasteiger partial charge >= 0.3 is 5.97 Å². The molecular formula is C13H15N3O5. The fourth-order valence-corrected chi connectivity index (χ4v) is 2.19. The van der Waals surface area contributed by atoms with Crippen LogP contribution in [-0.4, -0.2) is 28.5 Å². The molecule has 112 valence electrons. The van der Waals surface area contributed by atoms with E-state index in [0.717, 1.165) is 0 Å². The molecule has 1 aromatic rings. The van der Waals surface area contributed by atoms with Crippen molar-refractivity contribution >= 4 is 28.9 Å². The fraction of sp³-hybridized carbons (Fsp3) is 0.385. The number of nitro benzene ring substituents is 1. The van der Waals surface area contributed by atoms with Crippen molar-refractivity contribution in [2.24, 2.45) is 5.92 Å². The largest absolute Gasteiger partial charge is 0.481 e. The second-order valence-electron chi connectivity index (χ2n) is 4.83. The van der Waals surface area contributed by atoms with Crippen LogP contribution in [0.1, 0.15) is 18.9 Å². The number of benzene rings is 1. The lowest BCUT2D eigenvalue weighted by Crippen LogP contribution is -2.22. The van der Waals surface area contributed by atoms with Gasteiger partial charge in [0.1, 0.15) is 5.69 Å². The van der Waals surface area contributed by atoms with Crippen LogP contribution in [0.5, 0.6) is 0 Å². The molecule has 1 aliphatic heterocycles. The molecule has 1 atom stereocenters. The molecule has 0 aliphatic carbocycles. The van der Waals surface area contributed by atoms with Crippen LogP contribution in [0.15, 0.2) is 12.1 Å². The van der Waals surface area contributed by atoms with Gasteiger partial charge < -0.3 is 15.7 Å². The Morgan fingerprint density at radius 2 is 2.29 bits per heavy atom. The molecule has 3 N–H and O–H groups in total. The van der Waals surface area contributed by atoms with E-state index in [1.165, 1.54) is 12.1 Å². The highest BCUT2D eigenvalue weighted by Gasteiger charge is 2.25. The molecule has 1 aromatic carbocycles. The van der Waals surface area contributed by atoms with Crippen molar-refractivity contribution in [3.05, 3.63) is 27.8 Å². The third-order valence-electron chi connectivity index (χ3n) is 3.42. The molecule has 1 amide bonds. The molecule has 0 saturated carbocycles. The number of carbonyl (C=O) groups is 2. The summed E-state index contributed by atoms with van der Waals surface area (Å²) in [5.74, 6) is -1.80. The number of nitro groups is 1. The summed E-state index contributed by atoms with van der Waals surface area (Å²) in [4.78, 5) is 32.8. The van der Waals surface area contributed by atoms with Gasteiger partial charge in [0, 0.05) is 18.3 Å². The van der Waals surface area contributed by atoms with Crippen molar-refractivity contribution in [3.8, 4) is 0 Å². The third kappa shape index (κ3) is 3.10. The van der Waals surface area contributed by atoms with Gasteiger partial charge in [-0.15, -0.1) is 0 Å². The zero-order valence-corrected chi connectivity index (χ0v) is 11.4. The Morgan fingerprint density at radius 3 is 2.86 bits per heavy atom. The Labute approximate surface area is 120 Å². The highest BCUT2D eigenvalue weighted by Crippen LogP contribution is 2.34. The number of anilines is 2. The lowest BCUT2D eigenvalue weighted by atomic mass is 10.1. The zero-order chi connectivity index (χ0) is 15.6. The van der Waals surface area contributed by atoms with Gasteiger partial charge in [-0.2, -0.15) is 0 Å². The van der Waals surface area contributed by atoms with Crippen LogP contribution in [-0.2, 0) is 16.0 Å². The summed E-state index contributed by atoms with van der Waals surface area (Å²) < 4.78 is 0. The van der Waals surface area contributed by atoms with Crippen LogP contribution in [0.4, 0.5) is 17.1 Å². The van der Waals surface area contributed by atoms with Crippen molar-refractivity contribution in [3.63, 3.8) is 0 Å². The van der Waals surface area contributed by atoms with Crippen molar-refractivity contribution in [1.82, 2.24) is 0 Å². The fourth-order valence-electron chi connectivity index (χ4n) is 2.19. The van der Waals surface area contributed by atoms with E-state index in [1.54, 1.807) is 6.92 Å². The Bertz CT molecular complexity index is 614. The molecule has 1 heterocycles. The molecule has 0 spiro atoms. The lowest BCUT2D eigenvalue weighted by molar-refractivity contribution is -0.384. The molecule has 1 aliphatic rings. The summed E-state index contributed by atoms with van der Waals surface area (Å²) in [6.07, 6.45) is 0.529. The highest BCUT2D eigenvalue weighted by atomic mass is 16.6. The van der Waals surface area contributed by atoms with Crippen LogP contribution in [0.3, 0.4) is 0 Å². The number of nitrogens with zero attached hydrogens (tertiary/aromatic N) is 1. The van der Waals surface area contributed by atoms with Gasteiger partial charge in [-0.25, -0.2) is 0 Å². The van der Waals surface area contributed by atoms with E-state index in [-0.39, 0.29) is 30.2 Å². The number of carboxylic acid groups (broad SMARTS) is 1. The van der Waals surface area contributed by atoms with E-state index in [0.29, 0.717) is 17.7 Å². The second kappa shape index (κ2) is 5.78. The number of carboxylic acids is 1. The maximum atomic E-state index is 11.3. The molecule has 21 heavy (non-hydrogen) atoms. The van der Waals surface area contributed by atoms with E-state index in [4.69, 9.17) is 5.11 Å². The van der Waals surface area contributed by atoms with Crippen molar-refractivity contribution in [2.45, 2.75) is 19.8 Å². The first-order valence-corrected chi connectivity index (χ1v) is 6.50. The number of hydrogen-bond acceptors (Lipinski definition) is 5. The summed E-state index contributed by atoms with van der Waals surface area (Å²) in [5, 5.41) is 25.5. The van der Waals surface area contributed by atoms with Crippen LogP contribution < -0.4 is 10.6 Å². The van der Waals surface area contributed by atoms with Gasteiger partial charge in [0.25, 0.3) is 5.69 Å². The summed E-state index contributed by atoms with van der Waals surface area (Å²) in [7, 11) is 0. The quantitative estimate of drug-likeness (QED) is 0.541. The maximum Gasteiger partial charge on any atom is 0.308 e. The lowest BCUT2D eigenvalue weighted by Gasteiger charge is -2.13. The monoisotopic (exact) mass is 293 g/mol. The van der Waals surface area contributed by atoms with Crippen LogP contribution in [0, 0.1) is 16.0 Å². The molecule has 0 bridgehead atoms. The summed E-state index contributed by atoms with van der Waals surface area (Å²) in [6.45, 7) is 1.82. The normalized spacial score (nSPS) is 14.2. The van der Waals surface area contributed by atoms with Gasteiger partial charge in [-0.05, 0) is 18.1 Å². The molecule has 8 heteroatoms. The van der Waals surface area contributed by atoms with Crippen LogP contribution in [0.2, 0.25) is 0 Å². The highest BCUT2D eigenvalue weighted by molar-refractivity contribution is 6.00. The average molecular weight is 293 g/mol. The van der Waals surface area contributed by atoms with E-state index in [9.17, 15) is 19.7 Å². The first kappa shape index (κ1) is 14.8. The Balaban J connectivity index is 2.26. The molecule has 2 rings (SSSR count). The predicted molar refractivity (Wildman–Crippen MR) is 75.3 cm³/mol. The van der Waals surface area contributed by atoms with Crippen molar-refractivity contribution in [2.75, 3.05) is 17.2 Å². The molecule has 0 saturated heterocycles. The Kier molecular flexibility index (Phi) is 4.06. The van der Waals surface area contributed by atoms with E-state index < -0.39 is 16.8 Å². The van der Waals surface area contributed by atoms with Gasteiger partial charge in [-0.1, -0.05) is 6.92 Å². The molecule has 0 fully saturated rings. The van der Waals surface area contributed by atoms with Gasteiger partial charge in [0.15, 0.2) is 0 Å². The third-order valence-corrected chi connectivity index (χ3v) is 3.42. The molecule has 1 unspecified atom stereocenters. The summed E-state index contributed by atoms with van der Waals surface area (Å²) >= 11 is 0. The number of amides is 1. The topological polar surface area (TPSA) is 122 Å². The first-order chi connectivity index (χ1) is 9.92. The first-order valence-electron chi connectivity index (χ1n) is 6.50. The number of carbonyl (C=O) groups excluding carboxylic acids is 1. The van der Waals surface area contributed by atoms with Crippen LogP contribution >= 0.6 is 0 Å². The molecule has 0 radical (unpaired) electrons. The number of rotatable bonds is 6. The van der Waals surface area contributed by atoms with E-state index in [2.05, 4.69) is 10.6 Å². The van der Waals surface area contributed by atoms with E-state index >= 15 is 0 Å². The summed E-state index contributed by atoms with van der Waals surface area (Å²) in [5.41, 5.74) is 1.14. The van der Waals surface area contributed by atoms with Gasteiger partial charge in [0.2, 0.25) is 5.91 Å². The standard InChI is InChI=1S/C13H15N3O5/c1-2-7(13(18)19)6-14-10-5-9-8(4-12(17)15-9)3-11(10)16(20)21/h3,5,7,14H,2,4,6H2,1H3,(H,15,17)(H,18,19). The van der Waals surface area contributed by atoms with E-state index in [1.807, 2.05) is 0 Å². The smallest absolute Gasteiger partial charge is 0.308 e. The molecular weight excluding hydrogens is 278 g/mol. The van der Waals surface area contributed by atoms with Crippen LogP contribution in [0.25, 0.3) is 0 Å². The number of fused-ring (bicyclic) bond motifs is 1. The maximum absolute atomic E-state index is 11.3. The summed E-state index contributed by atoms with van der Waals surface area (Å²) in [6, 6.07) is 2.82. The second-order valence-corrected chi connectivity index (χ2v) is 4.83. The van der Waals surface area contributed by atoms with Gasteiger partial charge in [0.05, 0.1) is 17.3 Å². The Morgan fingerprint density at radius 1 is 1.57 bits per heavy atom. The Hall–Kier alpha value is -2.64. The minimum Gasteiger partial charge on any atom is -0.481 e. The SMILES string of the molecule is CCC(CNc1cc2c(cc1[N+](=O)[O-])CC(=O)N2)C(=O)O. The number of hydrogen-bond donors (Lipinski definition) is 3. The number of aliphatic carboxylic acids is 1. The molecule has 8 nitrogen and oxygen atoms in total.